The minimum absolute atomic E-state index is 0.156. The molecule has 0 aliphatic heterocycles. The predicted octanol–water partition coefficient (Wildman–Crippen LogP) is 2.58. The topological polar surface area (TPSA) is 39.1 Å². The second-order valence-corrected chi connectivity index (χ2v) is 4.77. The molecular weight excluding hydrogens is 257 g/mol. The van der Waals surface area contributed by atoms with Crippen LogP contribution in [0.25, 0.3) is 0 Å². The van der Waals surface area contributed by atoms with Gasteiger partial charge in [-0.3, -0.25) is 4.68 Å². The van der Waals surface area contributed by atoms with E-state index in [0.717, 1.165) is 23.4 Å². The molecule has 0 spiro atoms. The van der Waals surface area contributed by atoms with E-state index in [1.54, 1.807) is 24.1 Å². The van der Waals surface area contributed by atoms with E-state index in [2.05, 4.69) is 10.4 Å². The molecule has 1 unspecified atom stereocenters. The summed E-state index contributed by atoms with van der Waals surface area (Å²) in [7, 11) is 3.47. The number of aryl methyl sites for hydroxylation is 2. The van der Waals surface area contributed by atoms with Crippen LogP contribution in [0.2, 0.25) is 0 Å². The van der Waals surface area contributed by atoms with Gasteiger partial charge < -0.3 is 10.1 Å². The Balaban J connectivity index is 2.52. The average Bonchev–Trinajstić information content (AvgIpc) is 2.76. The minimum Gasteiger partial charge on any atom is -0.493 e. The fraction of sp³-hybridized carbons (Fsp3) is 0.400. The third kappa shape index (κ3) is 2.82. The van der Waals surface area contributed by atoms with Gasteiger partial charge in [-0.05, 0) is 36.7 Å². The van der Waals surface area contributed by atoms with Gasteiger partial charge in [0.1, 0.15) is 11.5 Å². The van der Waals surface area contributed by atoms with Crippen LogP contribution in [0.3, 0.4) is 0 Å². The van der Waals surface area contributed by atoms with Crippen LogP contribution in [0.4, 0.5) is 4.39 Å². The van der Waals surface area contributed by atoms with Gasteiger partial charge in [-0.2, -0.15) is 5.10 Å². The lowest BCUT2D eigenvalue weighted by Gasteiger charge is -2.20. The SMILES string of the molecule is CCNC(c1cc(C)cc(F)c1)c1c(OC)cnn1C. The van der Waals surface area contributed by atoms with Crippen molar-refractivity contribution >= 4 is 0 Å². The Hall–Kier alpha value is -1.88. The Morgan fingerprint density at radius 3 is 2.75 bits per heavy atom. The van der Waals surface area contributed by atoms with Gasteiger partial charge in [0.15, 0.2) is 5.75 Å². The first-order valence-electron chi connectivity index (χ1n) is 6.63. The zero-order valence-corrected chi connectivity index (χ0v) is 12.3. The Labute approximate surface area is 118 Å². The molecule has 108 valence electrons. The lowest BCUT2D eigenvalue weighted by Crippen LogP contribution is -2.25. The third-order valence-electron chi connectivity index (χ3n) is 3.25. The number of benzene rings is 1. The first-order chi connectivity index (χ1) is 9.56. The van der Waals surface area contributed by atoms with Crippen LogP contribution in [0.1, 0.15) is 29.8 Å². The molecule has 1 N–H and O–H groups in total. The van der Waals surface area contributed by atoms with Gasteiger partial charge in [0, 0.05) is 7.05 Å². The number of halogens is 1. The highest BCUT2D eigenvalue weighted by molar-refractivity contribution is 5.38. The summed E-state index contributed by atoms with van der Waals surface area (Å²) >= 11 is 0. The van der Waals surface area contributed by atoms with Crippen molar-refractivity contribution in [1.29, 1.82) is 0 Å². The number of methoxy groups -OCH3 is 1. The summed E-state index contributed by atoms with van der Waals surface area (Å²) in [5.74, 6) is 0.462. The van der Waals surface area contributed by atoms with E-state index in [9.17, 15) is 4.39 Å². The van der Waals surface area contributed by atoms with Crippen LogP contribution in [-0.4, -0.2) is 23.4 Å². The number of nitrogens with zero attached hydrogens (tertiary/aromatic N) is 2. The molecule has 1 aromatic heterocycles. The summed E-state index contributed by atoms with van der Waals surface area (Å²) in [5, 5.41) is 7.58. The maximum absolute atomic E-state index is 13.7. The molecule has 2 aromatic rings. The first-order valence-corrected chi connectivity index (χ1v) is 6.63. The summed E-state index contributed by atoms with van der Waals surface area (Å²) < 4.78 is 20.8. The number of hydrogen-bond donors (Lipinski definition) is 1. The van der Waals surface area contributed by atoms with Crippen molar-refractivity contribution in [2.75, 3.05) is 13.7 Å². The van der Waals surface area contributed by atoms with Crippen molar-refractivity contribution in [1.82, 2.24) is 15.1 Å². The Bertz CT molecular complexity index is 575. The molecule has 0 bridgehead atoms. The molecule has 4 nitrogen and oxygen atoms in total. The molecular formula is C15H20FN3O. The van der Waals surface area contributed by atoms with Crippen molar-refractivity contribution < 1.29 is 9.13 Å². The Kier molecular flexibility index (Phi) is 4.39. The highest BCUT2D eigenvalue weighted by Crippen LogP contribution is 2.30. The van der Waals surface area contributed by atoms with Gasteiger partial charge in [0.05, 0.1) is 19.3 Å². The fourth-order valence-electron chi connectivity index (χ4n) is 2.42. The molecule has 0 aliphatic carbocycles. The maximum Gasteiger partial charge on any atom is 0.161 e. The van der Waals surface area contributed by atoms with Crippen molar-refractivity contribution in [2.45, 2.75) is 19.9 Å². The molecule has 5 heteroatoms. The molecule has 0 saturated carbocycles. The quantitative estimate of drug-likeness (QED) is 0.913. The summed E-state index contributed by atoms with van der Waals surface area (Å²) in [4.78, 5) is 0. The molecule has 1 aromatic carbocycles. The average molecular weight is 277 g/mol. The smallest absolute Gasteiger partial charge is 0.161 e. The summed E-state index contributed by atoms with van der Waals surface area (Å²) in [6.45, 7) is 4.66. The summed E-state index contributed by atoms with van der Waals surface area (Å²) in [6, 6.07) is 4.89. The standard InChI is InChI=1S/C15H20FN3O/c1-5-17-14(11-6-10(2)7-12(16)8-11)15-13(20-4)9-18-19(15)3/h6-9,14,17H,5H2,1-4H3. The van der Waals surface area contributed by atoms with E-state index < -0.39 is 0 Å². The van der Waals surface area contributed by atoms with Crippen LogP contribution in [0, 0.1) is 12.7 Å². The van der Waals surface area contributed by atoms with E-state index in [1.165, 1.54) is 6.07 Å². The number of hydrogen-bond acceptors (Lipinski definition) is 3. The Morgan fingerprint density at radius 1 is 1.40 bits per heavy atom. The van der Waals surface area contributed by atoms with E-state index in [-0.39, 0.29) is 11.9 Å². The fourth-order valence-corrected chi connectivity index (χ4v) is 2.42. The van der Waals surface area contributed by atoms with Crippen molar-refractivity contribution in [2.24, 2.45) is 7.05 Å². The van der Waals surface area contributed by atoms with E-state index >= 15 is 0 Å². The van der Waals surface area contributed by atoms with Crippen molar-refractivity contribution in [3.63, 3.8) is 0 Å². The van der Waals surface area contributed by atoms with E-state index in [4.69, 9.17) is 4.74 Å². The summed E-state index contributed by atoms with van der Waals surface area (Å²) in [5.41, 5.74) is 2.65. The number of nitrogens with one attached hydrogen (secondary N) is 1. The van der Waals surface area contributed by atoms with Gasteiger partial charge >= 0.3 is 0 Å². The van der Waals surface area contributed by atoms with Crippen molar-refractivity contribution in [3.05, 3.63) is 47.0 Å². The first kappa shape index (κ1) is 14.5. The van der Waals surface area contributed by atoms with Crippen LogP contribution in [0.15, 0.2) is 24.4 Å². The van der Waals surface area contributed by atoms with Gasteiger partial charge in [-0.1, -0.05) is 13.0 Å². The van der Waals surface area contributed by atoms with E-state index in [0.29, 0.717) is 5.75 Å². The second kappa shape index (κ2) is 6.05. The van der Waals surface area contributed by atoms with Crippen LogP contribution >= 0.6 is 0 Å². The lowest BCUT2D eigenvalue weighted by molar-refractivity contribution is 0.401. The largest absolute Gasteiger partial charge is 0.493 e. The molecule has 0 radical (unpaired) electrons. The third-order valence-corrected chi connectivity index (χ3v) is 3.25. The van der Waals surface area contributed by atoms with Crippen LogP contribution in [0.5, 0.6) is 5.75 Å². The Morgan fingerprint density at radius 2 is 2.15 bits per heavy atom. The predicted molar refractivity (Wildman–Crippen MR) is 76.4 cm³/mol. The molecule has 2 rings (SSSR count). The molecule has 0 saturated heterocycles. The second-order valence-electron chi connectivity index (χ2n) is 4.77. The lowest BCUT2D eigenvalue weighted by atomic mass is 10.0. The molecule has 1 atom stereocenters. The highest BCUT2D eigenvalue weighted by Gasteiger charge is 2.22. The van der Waals surface area contributed by atoms with Gasteiger partial charge in [-0.25, -0.2) is 4.39 Å². The summed E-state index contributed by atoms with van der Waals surface area (Å²) in [6.07, 6.45) is 1.67. The monoisotopic (exact) mass is 277 g/mol. The maximum atomic E-state index is 13.7. The van der Waals surface area contributed by atoms with Crippen LogP contribution in [-0.2, 0) is 7.05 Å². The van der Waals surface area contributed by atoms with E-state index in [1.807, 2.05) is 27.0 Å². The minimum atomic E-state index is -0.232. The van der Waals surface area contributed by atoms with Gasteiger partial charge in [-0.15, -0.1) is 0 Å². The number of rotatable bonds is 5. The van der Waals surface area contributed by atoms with Gasteiger partial charge in [0.25, 0.3) is 0 Å². The zero-order chi connectivity index (χ0) is 14.7. The molecule has 0 aliphatic rings. The normalized spacial score (nSPS) is 12.4. The number of ether oxygens (including phenoxy) is 1. The van der Waals surface area contributed by atoms with Crippen LogP contribution < -0.4 is 10.1 Å². The van der Waals surface area contributed by atoms with Gasteiger partial charge in [0.2, 0.25) is 0 Å². The molecule has 0 fully saturated rings. The molecule has 0 amide bonds. The number of aromatic nitrogens is 2. The molecule has 20 heavy (non-hydrogen) atoms. The van der Waals surface area contributed by atoms with Crippen molar-refractivity contribution in [3.8, 4) is 5.75 Å². The zero-order valence-electron chi connectivity index (χ0n) is 12.3. The highest BCUT2D eigenvalue weighted by atomic mass is 19.1. The molecule has 1 heterocycles.